The van der Waals surface area contributed by atoms with Gasteiger partial charge in [0.15, 0.2) is 0 Å². The summed E-state index contributed by atoms with van der Waals surface area (Å²) in [5.41, 5.74) is 1.25. The van der Waals surface area contributed by atoms with Crippen LogP contribution in [0.4, 0.5) is 0 Å². The van der Waals surface area contributed by atoms with Gasteiger partial charge in [-0.25, -0.2) is 4.68 Å². The molecule has 1 N–H and O–H groups in total. The molecule has 7 heteroatoms. The van der Waals surface area contributed by atoms with Crippen LogP contribution in [0.3, 0.4) is 0 Å². The first-order chi connectivity index (χ1) is 11.1. The summed E-state index contributed by atoms with van der Waals surface area (Å²) < 4.78 is 1.69. The SMILES string of the molecule is O=C1C[C@H]2CN(C(=O)c3cc(-n4cccn4)ccc3Cl)C[C@H]2N1. The fraction of sp³-hybridized carbons (Fsp3) is 0.312. The molecule has 0 spiro atoms. The number of fused-ring (bicyclic) bond motifs is 1. The largest absolute Gasteiger partial charge is 0.351 e. The molecular weight excluding hydrogens is 316 g/mol. The Hall–Kier alpha value is -2.34. The molecule has 1 aromatic heterocycles. The highest BCUT2D eigenvalue weighted by molar-refractivity contribution is 6.33. The number of amides is 2. The van der Waals surface area contributed by atoms with Crippen molar-refractivity contribution >= 4 is 23.4 Å². The Labute approximate surface area is 138 Å². The van der Waals surface area contributed by atoms with Gasteiger partial charge in [0.25, 0.3) is 5.91 Å². The molecule has 0 saturated carbocycles. The second-order valence-corrected chi connectivity index (χ2v) is 6.37. The van der Waals surface area contributed by atoms with Crippen molar-refractivity contribution in [3.8, 4) is 5.69 Å². The average Bonchev–Trinajstić information content (AvgIpc) is 3.22. The Kier molecular flexibility index (Phi) is 3.34. The van der Waals surface area contributed by atoms with Crippen LogP contribution >= 0.6 is 11.6 Å². The van der Waals surface area contributed by atoms with E-state index in [1.54, 1.807) is 27.9 Å². The third-order valence-electron chi connectivity index (χ3n) is 4.47. The average molecular weight is 331 g/mol. The second kappa shape index (κ2) is 5.38. The van der Waals surface area contributed by atoms with Crippen molar-refractivity contribution < 1.29 is 9.59 Å². The summed E-state index contributed by atoms with van der Waals surface area (Å²) >= 11 is 6.23. The Balaban J connectivity index is 1.59. The third-order valence-corrected chi connectivity index (χ3v) is 4.80. The van der Waals surface area contributed by atoms with Crippen molar-refractivity contribution in [2.75, 3.05) is 13.1 Å². The third kappa shape index (κ3) is 2.49. The number of halogens is 1. The highest BCUT2D eigenvalue weighted by atomic mass is 35.5. The fourth-order valence-electron chi connectivity index (χ4n) is 3.32. The lowest BCUT2D eigenvalue weighted by Gasteiger charge is -2.18. The summed E-state index contributed by atoms with van der Waals surface area (Å²) in [5.74, 6) is 0.179. The van der Waals surface area contributed by atoms with Gasteiger partial charge in [0.05, 0.1) is 22.3 Å². The predicted octanol–water partition coefficient (Wildman–Crippen LogP) is 1.49. The van der Waals surface area contributed by atoms with Crippen molar-refractivity contribution in [2.24, 2.45) is 5.92 Å². The number of nitrogens with one attached hydrogen (secondary N) is 1. The summed E-state index contributed by atoms with van der Waals surface area (Å²) in [7, 11) is 0. The number of aromatic nitrogens is 2. The fourth-order valence-corrected chi connectivity index (χ4v) is 3.52. The number of hydrogen-bond acceptors (Lipinski definition) is 3. The van der Waals surface area contributed by atoms with Crippen LogP contribution < -0.4 is 5.32 Å². The van der Waals surface area contributed by atoms with Crippen LogP contribution in [0.5, 0.6) is 0 Å². The van der Waals surface area contributed by atoms with E-state index in [4.69, 9.17) is 11.6 Å². The van der Waals surface area contributed by atoms with Crippen molar-refractivity contribution in [1.82, 2.24) is 20.0 Å². The lowest BCUT2D eigenvalue weighted by Crippen LogP contribution is -2.35. The molecule has 2 aliphatic rings. The van der Waals surface area contributed by atoms with Crippen LogP contribution in [0.15, 0.2) is 36.7 Å². The van der Waals surface area contributed by atoms with Crippen molar-refractivity contribution in [2.45, 2.75) is 12.5 Å². The maximum atomic E-state index is 12.8. The van der Waals surface area contributed by atoms with Crippen LogP contribution in [0, 0.1) is 5.92 Å². The second-order valence-electron chi connectivity index (χ2n) is 5.96. The normalized spacial score (nSPS) is 23.0. The van der Waals surface area contributed by atoms with E-state index in [9.17, 15) is 9.59 Å². The van der Waals surface area contributed by atoms with E-state index < -0.39 is 0 Å². The number of benzene rings is 1. The first-order valence-corrected chi connectivity index (χ1v) is 7.88. The molecule has 0 bridgehead atoms. The maximum Gasteiger partial charge on any atom is 0.255 e. The smallest absolute Gasteiger partial charge is 0.255 e. The standard InChI is InChI=1S/C16H15ClN4O2/c17-13-3-2-11(21-5-1-4-18-21)7-12(13)16(23)20-8-10-6-15(22)19-14(10)9-20/h1-5,7,10,14H,6,8-9H2,(H,19,22)/t10-,14+/m0/s1. The zero-order valence-corrected chi connectivity index (χ0v) is 13.0. The summed E-state index contributed by atoms with van der Waals surface area (Å²) in [6.07, 6.45) is 3.99. The highest BCUT2D eigenvalue weighted by Gasteiger charge is 2.41. The van der Waals surface area contributed by atoms with Gasteiger partial charge in [0.1, 0.15) is 0 Å². The van der Waals surface area contributed by atoms with Gasteiger partial charge in [-0.3, -0.25) is 9.59 Å². The van der Waals surface area contributed by atoms with Gasteiger partial charge in [0, 0.05) is 37.8 Å². The molecule has 2 amide bonds. The number of rotatable bonds is 2. The van der Waals surface area contributed by atoms with Crippen LogP contribution in [0.25, 0.3) is 5.69 Å². The van der Waals surface area contributed by atoms with Crippen LogP contribution in [-0.2, 0) is 4.79 Å². The van der Waals surface area contributed by atoms with Gasteiger partial charge in [0.2, 0.25) is 5.91 Å². The van der Waals surface area contributed by atoms with Crippen LogP contribution in [0.1, 0.15) is 16.8 Å². The molecule has 2 saturated heterocycles. The van der Waals surface area contributed by atoms with E-state index >= 15 is 0 Å². The van der Waals surface area contributed by atoms with Crippen molar-refractivity contribution in [3.05, 3.63) is 47.2 Å². The molecule has 118 valence electrons. The number of hydrogen-bond donors (Lipinski definition) is 1. The molecule has 23 heavy (non-hydrogen) atoms. The minimum Gasteiger partial charge on any atom is -0.351 e. The predicted molar refractivity (Wildman–Crippen MR) is 84.5 cm³/mol. The monoisotopic (exact) mass is 330 g/mol. The Morgan fingerprint density at radius 2 is 2.22 bits per heavy atom. The maximum absolute atomic E-state index is 12.8. The highest BCUT2D eigenvalue weighted by Crippen LogP contribution is 2.28. The number of nitrogens with zero attached hydrogens (tertiary/aromatic N) is 3. The Morgan fingerprint density at radius 3 is 2.96 bits per heavy atom. The lowest BCUT2D eigenvalue weighted by atomic mass is 10.1. The topological polar surface area (TPSA) is 67.2 Å². The van der Waals surface area contributed by atoms with Crippen molar-refractivity contribution in [1.29, 1.82) is 0 Å². The molecule has 3 heterocycles. The van der Waals surface area contributed by atoms with Gasteiger partial charge in [-0.1, -0.05) is 11.6 Å². The molecule has 2 aliphatic heterocycles. The summed E-state index contributed by atoms with van der Waals surface area (Å²) in [4.78, 5) is 26.0. The molecule has 2 atom stereocenters. The van der Waals surface area contributed by atoms with E-state index in [1.807, 2.05) is 18.3 Å². The van der Waals surface area contributed by atoms with E-state index in [0.717, 1.165) is 5.69 Å². The van der Waals surface area contributed by atoms with E-state index in [2.05, 4.69) is 10.4 Å². The molecule has 0 unspecified atom stereocenters. The first-order valence-electron chi connectivity index (χ1n) is 7.50. The molecule has 0 aliphatic carbocycles. The molecule has 0 radical (unpaired) electrons. The van der Waals surface area contributed by atoms with Crippen molar-refractivity contribution in [3.63, 3.8) is 0 Å². The molecule has 6 nitrogen and oxygen atoms in total. The lowest BCUT2D eigenvalue weighted by molar-refractivity contribution is -0.119. The van der Waals surface area contributed by atoms with E-state index in [-0.39, 0.29) is 23.8 Å². The molecule has 4 rings (SSSR count). The summed E-state index contributed by atoms with van der Waals surface area (Å²) in [6.45, 7) is 1.13. The van der Waals surface area contributed by atoms with E-state index in [0.29, 0.717) is 30.1 Å². The van der Waals surface area contributed by atoms with Gasteiger partial charge < -0.3 is 10.2 Å². The number of carbonyl (C=O) groups excluding carboxylic acids is 2. The number of likely N-dealkylation sites (tertiary alicyclic amines) is 1. The summed E-state index contributed by atoms with van der Waals surface area (Å²) in [5, 5.41) is 7.51. The minimum absolute atomic E-state index is 0.0690. The Morgan fingerprint density at radius 1 is 1.35 bits per heavy atom. The van der Waals surface area contributed by atoms with Crippen LogP contribution in [0.2, 0.25) is 5.02 Å². The van der Waals surface area contributed by atoms with Crippen LogP contribution in [-0.4, -0.2) is 45.6 Å². The zero-order chi connectivity index (χ0) is 16.0. The number of carbonyl (C=O) groups is 2. The molecule has 2 aromatic rings. The Bertz CT molecular complexity index is 758. The van der Waals surface area contributed by atoms with Gasteiger partial charge in [-0.2, -0.15) is 5.10 Å². The van der Waals surface area contributed by atoms with E-state index in [1.165, 1.54) is 0 Å². The molecule has 1 aromatic carbocycles. The molecular formula is C16H15ClN4O2. The first kappa shape index (κ1) is 14.3. The summed E-state index contributed by atoms with van der Waals surface area (Å²) in [6, 6.07) is 7.18. The van der Waals surface area contributed by atoms with Gasteiger partial charge in [-0.15, -0.1) is 0 Å². The minimum atomic E-state index is -0.104. The van der Waals surface area contributed by atoms with Gasteiger partial charge in [-0.05, 0) is 24.3 Å². The molecule has 2 fully saturated rings. The quantitative estimate of drug-likeness (QED) is 0.907. The van der Waals surface area contributed by atoms with Gasteiger partial charge >= 0.3 is 0 Å². The zero-order valence-electron chi connectivity index (χ0n) is 12.3.